The van der Waals surface area contributed by atoms with Crippen molar-refractivity contribution < 1.29 is 4.39 Å². The highest BCUT2D eigenvalue weighted by atomic mass is 127. The standard InChI is InChI=1S/C13H10FIS/c14-11-3-1-10(2-4-11)9-16-13-7-5-12(15)6-8-13/h1-8H,9H2. The van der Waals surface area contributed by atoms with Crippen LogP contribution in [-0.4, -0.2) is 0 Å². The minimum Gasteiger partial charge on any atom is -0.207 e. The second kappa shape index (κ2) is 5.68. The van der Waals surface area contributed by atoms with E-state index < -0.39 is 0 Å². The van der Waals surface area contributed by atoms with Crippen molar-refractivity contribution in [2.75, 3.05) is 0 Å². The molecule has 2 aromatic carbocycles. The van der Waals surface area contributed by atoms with Gasteiger partial charge in [0, 0.05) is 14.2 Å². The lowest BCUT2D eigenvalue weighted by Gasteiger charge is -2.02. The summed E-state index contributed by atoms with van der Waals surface area (Å²) in [6, 6.07) is 15.1. The van der Waals surface area contributed by atoms with Crippen LogP contribution in [0.2, 0.25) is 0 Å². The summed E-state index contributed by atoms with van der Waals surface area (Å²) < 4.78 is 13.9. The molecule has 0 aliphatic rings. The lowest BCUT2D eigenvalue weighted by Crippen LogP contribution is -1.81. The van der Waals surface area contributed by atoms with Crippen LogP contribution in [0.4, 0.5) is 4.39 Å². The van der Waals surface area contributed by atoms with Crippen molar-refractivity contribution in [3.63, 3.8) is 0 Å². The Bertz CT molecular complexity index is 405. The normalized spacial score (nSPS) is 10.4. The van der Waals surface area contributed by atoms with Gasteiger partial charge >= 0.3 is 0 Å². The lowest BCUT2D eigenvalue weighted by atomic mass is 10.2. The average Bonchev–Trinajstić information content (AvgIpc) is 2.30. The van der Waals surface area contributed by atoms with Crippen LogP contribution < -0.4 is 0 Å². The van der Waals surface area contributed by atoms with E-state index in [2.05, 4.69) is 46.9 Å². The number of rotatable bonds is 3. The molecule has 0 amide bonds. The molecule has 0 atom stereocenters. The number of halogens is 2. The van der Waals surface area contributed by atoms with Gasteiger partial charge in [-0.05, 0) is 64.6 Å². The monoisotopic (exact) mass is 344 g/mol. The smallest absolute Gasteiger partial charge is 0.123 e. The molecule has 0 heterocycles. The fourth-order valence-corrected chi connectivity index (χ4v) is 2.49. The molecular formula is C13H10FIS. The summed E-state index contributed by atoms with van der Waals surface area (Å²) in [7, 11) is 0. The van der Waals surface area contributed by atoms with Crippen molar-refractivity contribution in [3.05, 3.63) is 63.5 Å². The largest absolute Gasteiger partial charge is 0.207 e. The van der Waals surface area contributed by atoms with E-state index in [1.807, 2.05) is 12.1 Å². The van der Waals surface area contributed by atoms with E-state index in [0.29, 0.717) is 0 Å². The van der Waals surface area contributed by atoms with Gasteiger partial charge in [-0.3, -0.25) is 0 Å². The third kappa shape index (κ3) is 3.49. The van der Waals surface area contributed by atoms with Gasteiger partial charge in [-0.1, -0.05) is 12.1 Å². The van der Waals surface area contributed by atoms with E-state index in [4.69, 9.17) is 0 Å². The molecule has 0 unspecified atom stereocenters. The Morgan fingerprint density at radius 1 is 0.938 bits per heavy atom. The van der Waals surface area contributed by atoms with Crippen molar-refractivity contribution in [1.29, 1.82) is 0 Å². The van der Waals surface area contributed by atoms with Crippen molar-refractivity contribution in [2.45, 2.75) is 10.6 Å². The minimum absolute atomic E-state index is 0.178. The van der Waals surface area contributed by atoms with Gasteiger partial charge in [-0.2, -0.15) is 0 Å². The molecule has 0 aliphatic heterocycles. The summed E-state index contributed by atoms with van der Waals surface area (Å²) in [6.07, 6.45) is 0. The molecule has 0 radical (unpaired) electrons. The SMILES string of the molecule is Fc1ccc(CSc2ccc(I)cc2)cc1. The molecule has 0 bridgehead atoms. The molecule has 3 heteroatoms. The summed E-state index contributed by atoms with van der Waals surface area (Å²) in [5.74, 6) is 0.698. The number of hydrogen-bond donors (Lipinski definition) is 0. The second-order valence-corrected chi connectivity index (χ2v) is 5.66. The van der Waals surface area contributed by atoms with Gasteiger partial charge in [0.25, 0.3) is 0 Å². The first-order valence-electron chi connectivity index (χ1n) is 4.87. The molecule has 2 rings (SSSR count). The van der Waals surface area contributed by atoms with Crippen LogP contribution in [0.25, 0.3) is 0 Å². The predicted molar refractivity (Wildman–Crippen MR) is 75.1 cm³/mol. The molecule has 0 aromatic heterocycles. The van der Waals surface area contributed by atoms with Crippen LogP contribution in [0, 0.1) is 9.39 Å². The number of hydrogen-bond acceptors (Lipinski definition) is 1. The van der Waals surface area contributed by atoms with Gasteiger partial charge in [0.15, 0.2) is 0 Å². The van der Waals surface area contributed by atoms with Crippen LogP contribution >= 0.6 is 34.4 Å². The summed E-state index contributed by atoms with van der Waals surface area (Å²) in [6.45, 7) is 0. The Labute approximate surface area is 112 Å². The summed E-state index contributed by atoms with van der Waals surface area (Å²) in [5.41, 5.74) is 1.14. The van der Waals surface area contributed by atoms with E-state index in [1.54, 1.807) is 11.8 Å². The zero-order valence-electron chi connectivity index (χ0n) is 8.49. The first-order valence-corrected chi connectivity index (χ1v) is 6.93. The van der Waals surface area contributed by atoms with Crippen LogP contribution in [0.3, 0.4) is 0 Å². The maximum absolute atomic E-state index is 12.7. The zero-order valence-corrected chi connectivity index (χ0v) is 11.5. The van der Waals surface area contributed by atoms with Crippen molar-refractivity contribution in [1.82, 2.24) is 0 Å². The molecular weight excluding hydrogens is 334 g/mol. The molecule has 82 valence electrons. The Morgan fingerprint density at radius 2 is 1.56 bits per heavy atom. The third-order valence-corrected chi connectivity index (χ3v) is 3.93. The van der Waals surface area contributed by atoms with Gasteiger partial charge in [-0.25, -0.2) is 4.39 Å². The molecule has 0 fully saturated rings. The Morgan fingerprint density at radius 3 is 2.19 bits per heavy atom. The van der Waals surface area contributed by atoms with Gasteiger partial charge in [-0.15, -0.1) is 11.8 Å². The fourth-order valence-electron chi connectivity index (χ4n) is 1.28. The van der Waals surface area contributed by atoms with E-state index in [9.17, 15) is 4.39 Å². The van der Waals surface area contributed by atoms with Gasteiger partial charge < -0.3 is 0 Å². The first-order chi connectivity index (χ1) is 7.74. The topological polar surface area (TPSA) is 0 Å². The summed E-state index contributed by atoms with van der Waals surface area (Å²) >= 11 is 4.05. The fraction of sp³-hybridized carbons (Fsp3) is 0.0769. The maximum atomic E-state index is 12.7. The average molecular weight is 344 g/mol. The second-order valence-electron chi connectivity index (χ2n) is 3.37. The van der Waals surface area contributed by atoms with E-state index in [0.717, 1.165) is 11.3 Å². The van der Waals surface area contributed by atoms with Crippen LogP contribution in [0.1, 0.15) is 5.56 Å². The molecule has 0 nitrogen and oxygen atoms in total. The van der Waals surface area contributed by atoms with Crippen LogP contribution in [0.5, 0.6) is 0 Å². The quantitative estimate of drug-likeness (QED) is 0.573. The highest BCUT2D eigenvalue weighted by Crippen LogP contribution is 2.23. The first kappa shape index (κ1) is 11.9. The van der Waals surface area contributed by atoms with E-state index in [-0.39, 0.29) is 5.82 Å². The van der Waals surface area contributed by atoms with Gasteiger partial charge in [0.05, 0.1) is 0 Å². The third-order valence-electron chi connectivity index (χ3n) is 2.13. The summed E-state index contributed by atoms with van der Waals surface area (Å²) in [5, 5.41) is 0. The van der Waals surface area contributed by atoms with Crippen molar-refractivity contribution >= 4 is 34.4 Å². The molecule has 2 aromatic rings. The zero-order chi connectivity index (χ0) is 11.4. The molecule has 16 heavy (non-hydrogen) atoms. The predicted octanol–water partition coefficient (Wildman–Crippen LogP) is 4.72. The maximum Gasteiger partial charge on any atom is 0.123 e. The molecule has 0 saturated carbocycles. The van der Waals surface area contributed by atoms with Crippen molar-refractivity contribution in [3.8, 4) is 0 Å². The van der Waals surface area contributed by atoms with Crippen LogP contribution in [0.15, 0.2) is 53.4 Å². The van der Waals surface area contributed by atoms with E-state index >= 15 is 0 Å². The summed E-state index contributed by atoms with van der Waals surface area (Å²) in [4.78, 5) is 1.24. The lowest BCUT2D eigenvalue weighted by molar-refractivity contribution is 0.627. The van der Waals surface area contributed by atoms with Crippen molar-refractivity contribution in [2.24, 2.45) is 0 Å². The Kier molecular flexibility index (Phi) is 4.23. The van der Waals surface area contributed by atoms with Gasteiger partial charge in [0.2, 0.25) is 0 Å². The Balaban J connectivity index is 1.97. The minimum atomic E-state index is -0.178. The number of thioether (sulfide) groups is 1. The number of benzene rings is 2. The molecule has 0 N–H and O–H groups in total. The highest BCUT2D eigenvalue weighted by molar-refractivity contribution is 14.1. The van der Waals surface area contributed by atoms with E-state index in [1.165, 1.54) is 20.6 Å². The van der Waals surface area contributed by atoms with Gasteiger partial charge in [0.1, 0.15) is 5.82 Å². The molecule has 0 aliphatic carbocycles. The molecule has 0 saturated heterocycles. The molecule has 0 spiro atoms. The Hall–Kier alpha value is -0.550. The highest BCUT2D eigenvalue weighted by Gasteiger charge is 1.97. The van der Waals surface area contributed by atoms with Crippen LogP contribution in [-0.2, 0) is 5.75 Å².